The molecule has 0 aliphatic heterocycles. The molecule has 0 spiro atoms. The number of rotatable bonds is 6. The molecule has 17 heavy (non-hydrogen) atoms. The van der Waals surface area contributed by atoms with Crippen molar-refractivity contribution < 1.29 is 37.4 Å². The summed E-state index contributed by atoms with van der Waals surface area (Å²) in [7, 11) is -4.43. The van der Waals surface area contributed by atoms with Gasteiger partial charge in [0, 0.05) is 11.0 Å². The second kappa shape index (κ2) is 6.16. The Morgan fingerprint density at radius 1 is 1.29 bits per heavy atom. The lowest BCUT2D eigenvalue weighted by Crippen LogP contribution is -2.01. The molecule has 10 heteroatoms. The quantitative estimate of drug-likeness (QED) is 0.227. The first-order valence-electron chi connectivity index (χ1n) is 3.98. The first-order valence-corrected chi connectivity index (χ1v) is 6.16. The van der Waals surface area contributed by atoms with Crippen LogP contribution in [0.25, 0.3) is 0 Å². The van der Waals surface area contributed by atoms with Gasteiger partial charge in [0.05, 0.1) is 16.9 Å². The van der Waals surface area contributed by atoms with Crippen LogP contribution in [0.15, 0.2) is 28.0 Å². The molecule has 0 radical (unpaired) electrons. The van der Waals surface area contributed by atoms with Gasteiger partial charge in [-0.05, 0) is 12.1 Å². The van der Waals surface area contributed by atoms with Crippen molar-refractivity contribution in [2.75, 3.05) is 6.79 Å². The summed E-state index contributed by atoms with van der Waals surface area (Å²) in [6.45, 7) is -0.670. The summed E-state index contributed by atoms with van der Waals surface area (Å²) < 4.78 is 39.5. The highest BCUT2D eigenvalue weighted by Crippen LogP contribution is 2.28. The fourth-order valence-electron chi connectivity index (χ4n) is 0.955. The smallest absolute Gasteiger partial charge is 0.294 e. The Kier molecular flexibility index (Phi) is 5.14. The van der Waals surface area contributed by atoms with Crippen molar-refractivity contribution in [3.05, 3.63) is 18.2 Å². The summed E-state index contributed by atoms with van der Waals surface area (Å²) in [5, 5.41) is 19.8. The lowest BCUT2D eigenvalue weighted by atomic mass is 10.3. The van der Waals surface area contributed by atoms with Gasteiger partial charge in [0.25, 0.3) is 10.1 Å². The van der Waals surface area contributed by atoms with Crippen LogP contribution in [0.1, 0.15) is 0 Å². The third kappa shape index (κ3) is 4.47. The van der Waals surface area contributed by atoms with Gasteiger partial charge in [-0.15, -0.1) is 4.33 Å². The van der Waals surface area contributed by atoms with Crippen LogP contribution >= 0.6 is 12.0 Å². The molecule has 96 valence electrons. The summed E-state index contributed by atoms with van der Waals surface area (Å²) in [6.07, 6.45) is 0. The molecule has 3 N–H and O–H groups in total. The second-order valence-corrected chi connectivity index (χ2v) is 4.81. The number of aliphatic hydroxyl groups is 1. The van der Waals surface area contributed by atoms with Crippen molar-refractivity contribution in [2.24, 2.45) is 0 Å². The van der Waals surface area contributed by atoms with E-state index in [0.29, 0.717) is 12.0 Å². The number of hydrogen-bond donors (Lipinski definition) is 3. The van der Waals surface area contributed by atoms with Crippen LogP contribution < -0.4 is 4.74 Å². The average Bonchev–Trinajstić information content (AvgIpc) is 2.25. The molecule has 0 aliphatic rings. The molecule has 0 saturated heterocycles. The number of hydrogen-bond acceptors (Lipinski definition) is 8. The van der Waals surface area contributed by atoms with Crippen molar-refractivity contribution in [1.82, 2.24) is 0 Å². The Labute approximate surface area is 101 Å². The molecule has 0 aromatic heterocycles. The molecule has 0 atom stereocenters. The summed E-state index contributed by atoms with van der Waals surface area (Å²) in [5.41, 5.74) is 0. The van der Waals surface area contributed by atoms with E-state index in [0.717, 1.165) is 12.1 Å². The minimum atomic E-state index is -4.43. The number of aliphatic hydroxyl groups excluding tert-OH is 1. The standard InChI is InChI=1S/C7H8O8S2/c8-4-13-5-1-6(16-15-14-9)3-7(2-5)17(10,11)12/h1-3,8-9H,4H2,(H,10,11,12). The van der Waals surface area contributed by atoms with Crippen molar-refractivity contribution in [1.29, 1.82) is 0 Å². The van der Waals surface area contributed by atoms with E-state index in [-0.39, 0.29) is 10.6 Å². The third-order valence-corrected chi connectivity index (χ3v) is 2.93. The Morgan fingerprint density at radius 2 is 2.00 bits per heavy atom. The summed E-state index contributed by atoms with van der Waals surface area (Å²) in [4.78, 5) is -0.287. The van der Waals surface area contributed by atoms with Gasteiger partial charge >= 0.3 is 0 Å². The molecule has 0 aliphatic carbocycles. The van der Waals surface area contributed by atoms with Crippen molar-refractivity contribution in [3.63, 3.8) is 0 Å². The minimum absolute atomic E-state index is 0.00772. The Balaban J connectivity index is 3.09. The Bertz CT molecular complexity index is 471. The normalized spacial score (nSPS) is 11.5. The topological polar surface area (TPSA) is 123 Å². The van der Waals surface area contributed by atoms with Crippen LogP contribution in [0.3, 0.4) is 0 Å². The van der Waals surface area contributed by atoms with E-state index in [1.165, 1.54) is 6.07 Å². The van der Waals surface area contributed by atoms with E-state index in [9.17, 15) is 8.42 Å². The van der Waals surface area contributed by atoms with E-state index in [2.05, 4.69) is 14.1 Å². The third-order valence-electron chi connectivity index (χ3n) is 1.54. The largest absolute Gasteiger partial charge is 0.468 e. The lowest BCUT2D eigenvalue weighted by molar-refractivity contribution is -0.432. The van der Waals surface area contributed by atoms with Crippen LogP contribution in [0.5, 0.6) is 5.75 Å². The van der Waals surface area contributed by atoms with Crippen molar-refractivity contribution in [2.45, 2.75) is 9.79 Å². The van der Waals surface area contributed by atoms with Gasteiger partial charge in [-0.25, -0.2) is 5.26 Å². The molecule has 0 saturated carbocycles. The molecule has 0 fully saturated rings. The van der Waals surface area contributed by atoms with Gasteiger partial charge < -0.3 is 9.84 Å². The van der Waals surface area contributed by atoms with Crippen LogP contribution in [0.4, 0.5) is 0 Å². The Hall–Kier alpha value is -0.880. The molecule has 8 nitrogen and oxygen atoms in total. The minimum Gasteiger partial charge on any atom is -0.468 e. The van der Waals surface area contributed by atoms with Gasteiger partial charge in [0.2, 0.25) is 0 Å². The first-order chi connectivity index (χ1) is 7.97. The zero-order chi connectivity index (χ0) is 12.9. The summed E-state index contributed by atoms with van der Waals surface area (Å²) in [5.74, 6) is -0.00772. The molecule has 1 rings (SSSR count). The number of ether oxygens (including phenoxy) is 1. The van der Waals surface area contributed by atoms with Crippen molar-refractivity contribution >= 4 is 22.2 Å². The predicted molar refractivity (Wildman–Crippen MR) is 54.6 cm³/mol. The second-order valence-electron chi connectivity index (χ2n) is 2.61. The van der Waals surface area contributed by atoms with E-state index in [4.69, 9.17) is 14.9 Å². The zero-order valence-electron chi connectivity index (χ0n) is 8.14. The Morgan fingerprint density at radius 3 is 2.53 bits per heavy atom. The molecule has 0 heterocycles. The van der Waals surface area contributed by atoms with Crippen LogP contribution in [-0.4, -0.2) is 30.1 Å². The highest BCUT2D eigenvalue weighted by atomic mass is 32.2. The summed E-state index contributed by atoms with van der Waals surface area (Å²) >= 11 is 0.481. The average molecular weight is 284 g/mol. The van der Waals surface area contributed by atoms with Crippen LogP contribution in [0, 0.1) is 0 Å². The maximum atomic E-state index is 10.9. The molecule has 0 amide bonds. The van der Waals surface area contributed by atoms with E-state index >= 15 is 0 Å². The van der Waals surface area contributed by atoms with E-state index < -0.39 is 21.8 Å². The van der Waals surface area contributed by atoms with Crippen LogP contribution in [-0.2, 0) is 19.5 Å². The van der Waals surface area contributed by atoms with Gasteiger partial charge in [-0.2, -0.15) is 8.42 Å². The predicted octanol–water partition coefficient (Wildman–Crippen LogP) is 0.690. The molecule has 0 bridgehead atoms. The highest BCUT2D eigenvalue weighted by molar-refractivity contribution is 7.94. The molecule has 0 unspecified atom stereocenters. The van der Waals surface area contributed by atoms with E-state index in [1.807, 2.05) is 0 Å². The van der Waals surface area contributed by atoms with Gasteiger partial charge in [-0.1, -0.05) is 5.04 Å². The fourth-order valence-corrected chi connectivity index (χ4v) is 2.02. The van der Waals surface area contributed by atoms with Crippen LogP contribution in [0.2, 0.25) is 0 Å². The number of benzene rings is 1. The van der Waals surface area contributed by atoms with Gasteiger partial charge in [0.15, 0.2) is 6.79 Å². The first kappa shape index (κ1) is 14.2. The zero-order valence-corrected chi connectivity index (χ0v) is 9.77. The fraction of sp³-hybridized carbons (Fsp3) is 0.143. The molecule has 1 aromatic rings. The van der Waals surface area contributed by atoms with E-state index in [1.54, 1.807) is 0 Å². The lowest BCUT2D eigenvalue weighted by Gasteiger charge is -2.06. The van der Waals surface area contributed by atoms with Gasteiger partial charge in [0.1, 0.15) is 5.75 Å². The summed E-state index contributed by atoms with van der Waals surface area (Å²) in [6, 6.07) is 3.37. The molecular weight excluding hydrogens is 276 g/mol. The van der Waals surface area contributed by atoms with Gasteiger partial charge in [-0.3, -0.25) is 4.55 Å². The molecular formula is C7H8O8S2. The highest BCUT2D eigenvalue weighted by Gasteiger charge is 2.13. The van der Waals surface area contributed by atoms with Crippen molar-refractivity contribution in [3.8, 4) is 5.75 Å². The SMILES string of the molecule is O=S(=O)(O)c1cc(OCO)cc(SOOO)c1. The monoisotopic (exact) mass is 284 g/mol. The molecule has 1 aromatic carbocycles. The maximum Gasteiger partial charge on any atom is 0.294 e. The maximum absolute atomic E-state index is 10.9.